The fraction of sp³-hybridized carbons (Fsp3) is 0.778. The molecule has 3 unspecified atom stereocenters. The first-order chi connectivity index (χ1) is 6.57. The first-order valence-electron chi connectivity index (χ1n) is 4.32. The van der Waals surface area contributed by atoms with E-state index in [1.165, 1.54) is 0 Å². The van der Waals surface area contributed by atoms with E-state index in [0.717, 1.165) is 0 Å². The summed E-state index contributed by atoms with van der Waals surface area (Å²) in [4.78, 5) is 0. The van der Waals surface area contributed by atoms with Crippen molar-refractivity contribution in [3.8, 4) is 12.3 Å². The number of hydrogen-bond donors (Lipinski definition) is 3. The molecule has 80 valence electrons. The van der Waals surface area contributed by atoms with Crippen molar-refractivity contribution in [2.75, 3.05) is 6.61 Å². The number of terminal acetylenes is 1. The Morgan fingerprint density at radius 3 is 2.50 bits per heavy atom. The van der Waals surface area contributed by atoms with Crippen LogP contribution in [0.5, 0.6) is 0 Å². The smallest absolute Gasteiger partial charge is 0.187 e. The second-order valence-corrected chi connectivity index (χ2v) is 3.20. The second-order valence-electron chi connectivity index (χ2n) is 3.20. The average Bonchev–Trinajstić information content (AvgIpc) is 2.18. The highest BCUT2D eigenvalue weighted by Gasteiger charge is 2.42. The Kier molecular flexibility index (Phi) is 3.86. The summed E-state index contributed by atoms with van der Waals surface area (Å²) in [5, 5.41) is 28.1. The van der Waals surface area contributed by atoms with Crippen molar-refractivity contribution >= 4 is 0 Å². The third kappa shape index (κ3) is 2.23. The Labute approximate surface area is 82.3 Å². The molecule has 5 nitrogen and oxygen atoms in total. The number of hydrogen-bond acceptors (Lipinski definition) is 5. The highest BCUT2D eigenvalue weighted by molar-refractivity contribution is 4.89. The van der Waals surface area contributed by atoms with Crippen molar-refractivity contribution in [2.24, 2.45) is 0 Å². The van der Waals surface area contributed by atoms with Crippen LogP contribution in [-0.4, -0.2) is 52.6 Å². The first-order valence-corrected chi connectivity index (χ1v) is 4.32. The van der Waals surface area contributed by atoms with E-state index in [4.69, 9.17) is 15.9 Å². The van der Waals surface area contributed by atoms with Gasteiger partial charge >= 0.3 is 0 Å². The Bertz CT molecular complexity index is 224. The van der Waals surface area contributed by atoms with E-state index in [-0.39, 0.29) is 6.61 Å². The van der Waals surface area contributed by atoms with E-state index in [0.29, 0.717) is 0 Å². The molecule has 1 heterocycles. The molecule has 0 radical (unpaired) electrons. The van der Waals surface area contributed by atoms with Crippen molar-refractivity contribution in [3.63, 3.8) is 0 Å². The predicted molar refractivity (Wildman–Crippen MR) is 47.1 cm³/mol. The van der Waals surface area contributed by atoms with Crippen LogP contribution in [0.25, 0.3) is 0 Å². The molecule has 3 N–H and O–H groups in total. The molecular formula is C9H14O5. The van der Waals surface area contributed by atoms with Crippen molar-refractivity contribution in [1.82, 2.24) is 0 Å². The van der Waals surface area contributed by atoms with Crippen LogP contribution in [-0.2, 0) is 9.47 Å². The third-order valence-electron chi connectivity index (χ3n) is 2.14. The maximum absolute atomic E-state index is 9.42. The minimum Gasteiger partial charge on any atom is -0.388 e. The quantitative estimate of drug-likeness (QED) is 0.473. The summed E-state index contributed by atoms with van der Waals surface area (Å²) in [6, 6.07) is 0. The summed E-state index contributed by atoms with van der Waals surface area (Å²) in [5.74, 6) is 2.22. The fourth-order valence-electron chi connectivity index (χ4n) is 1.28. The van der Waals surface area contributed by atoms with Gasteiger partial charge in [-0.25, -0.2) is 0 Å². The van der Waals surface area contributed by atoms with Crippen molar-refractivity contribution in [3.05, 3.63) is 0 Å². The molecule has 14 heavy (non-hydrogen) atoms. The molecule has 0 amide bonds. The molecule has 0 bridgehead atoms. The van der Waals surface area contributed by atoms with Gasteiger partial charge in [-0.05, 0) is 6.92 Å². The Morgan fingerprint density at radius 2 is 1.93 bits per heavy atom. The molecule has 0 aliphatic carbocycles. The van der Waals surface area contributed by atoms with E-state index in [9.17, 15) is 15.3 Å². The van der Waals surface area contributed by atoms with Gasteiger partial charge in [0.05, 0.1) is 6.10 Å². The number of ether oxygens (including phenoxy) is 2. The lowest BCUT2D eigenvalue weighted by Crippen LogP contribution is -2.57. The molecule has 5 atom stereocenters. The van der Waals surface area contributed by atoms with Gasteiger partial charge in [-0.2, -0.15) is 0 Å². The van der Waals surface area contributed by atoms with Gasteiger partial charge in [-0.15, -0.1) is 6.42 Å². The average molecular weight is 202 g/mol. The Morgan fingerprint density at radius 1 is 1.29 bits per heavy atom. The van der Waals surface area contributed by atoms with Gasteiger partial charge in [0.2, 0.25) is 0 Å². The van der Waals surface area contributed by atoms with Gasteiger partial charge < -0.3 is 24.8 Å². The molecule has 1 aliphatic rings. The normalized spacial score (nSPS) is 43.2. The lowest BCUT2D eigenvalue weighted by atomic mass is 10.0. The van der Waals surface area contributed by atoms with Gasteiger partial charge in [0, 0.05) is 0 Å². The second kappa shape index (κ2) is 4.73. The highest BCUT2D eigenvalue weighted by Crippen LogP contribution is 2.21. The van der Waals surface area contributed by atoms with Gasteiger partial charge in [0.25, 0.3) is 0 Å². The summed E-state index contributed by atoms with van der Waals surface area (Å²) < 4.78 is 10.1. The maximum Gasteiger partial charge on any atom is 0.187 e. The zero-order chi connectivity index (χ0) is 10.7. The van der Waals surface area contributed by atoms with E-state index < -0.39 is 30.7 Å². The summed E-state index contributed by atoms with van der Waals surface area (Å²) >= 11 is 0. The summed E-state index contributed by atoms with van der Waals surface area (Å²) in [7, 11) is 0. The van der Waals surface area contributed by atoms with E-state index in [1.807, 2.05) is 0 Å². The standard InChI is InChI=1S/C9H14O5/c1-3-4-13-9-8(12)7(11)6(10)5(2)14-9/h1,5-12H,4H2,2H3/t5?,6-,7?,8?,9-/m1/s1. The number of aliphatic hydroxyl groups excluding tert-OH is 3. The SMILES string of the molecule is C#CCO[C@@H]1OC(C)[C@@H](O)C(O)C1O. The van der Waals surface area contributed by atoms with Crippen LogP contribution in [0.15, 0.2) is 0 Å². The molecule has 0 aromatic heterocycles. The highest BCUT2D eigenvalue weighted by atomic mass is 16.7. The van der Waals surface area contributed by atoms with Crippen LogP contribution < -0.4 is 0 Å². The molecule has 0 spiro atoms. The molecule has 0 aromatic carbocycles. The molecule has 0 saturated carbocycles. The van der Waals surface area contributed by atoms with Crippen molar-refractivity contribution < 1.29 is 24.8 Å². The topological polar surface area (TPSA) is 79.2 Å². The van der Waals surface area contributed by atoms with Gasteiger partial charge in [-0.3, -0.25) is 0 Å². The molecule has 1 rings (SSSR count). The van der Waals surface area contributed by atoms with Crippen LogP contribution >= 0.6 is 0 Å². The van der Waals surface area contributed by atoms with Gasteiger partial charge in [0.15, 0.2) is 6.29 Å². The van der Waals surface area contributed by atoms with E-state index in [2.05, 4.69) is 5.92 Å². The van der Waals surface area contributed by atoms with Crippen LogP contribution in [0.2, 0.25) is 0 Å². The monoisotopic (exact) mass is 202 g/mol. The predicted octanol–water partition coefficient (Wildman–Crippen LogP) is -1.54. The van der Waals surface area contributed by atoms with Crippen LogP contribution in [0.3, 0.4) is 0 Å². The van der Waals surface area contributed by atoms with Crippen molar-refractivity contribution in [2.45, 2.75) is 37.6 Å². The van der Waals surface area contributed by atoms with Gasteiger partial charge in [0.1, 0.15) is 24.9 Å². The summed E-state index contributed by atoms with van der Waals surface area (Å²) in [6.07, 6.45) is -0.298. The number of aliphatic hydroxyl groups is 3. The number of rotatable bonds is 2. The van der Waals surface area contributed by atoms with Crippen LogP contribution in [0.4, 0.5) is 0 Å². The minimum absolute atomic E-state index is 0.0166. The molecule has 5 heteroatoms. The molecule has 1 aliphatic heterocycles. The Hall–Kier alpha value is -0.640. The molecule has 1 fully saturated rings. The Balaban J connectivity index is 2.57. The molecule has 1 saturated heterocycles. The van der Waals surface area contributed by atoms with Gasteiger partial charge in [-0.1, -0.05) is 5.92 Å². The fourth-order valence-corrected chi connectivity index (χ4v) is 1.28. The maximum atomic E-state index is 9.42. The van der Waals surface area contributed by atoms with E-state index >= 15 is 0 Å². The summed E-state index contributed by atoms with van der Waals surface area (Å²) in [5.41, 5.74) is 0. The lowest BCUT2D eigenvalue weighted by molar-refractivity contribution is -0.289. The van der Waals surface area contributed by atoms with Crippen molar-refractivity contribution in [1.29, 1.82) is 0 Å². The largest absolute Gasteiger partial charge is 0.388 e. The minimum atomic E-state index is -1.28. The zero-order valence-corrected chi connectivity index (χ0v) is 7.83. The lowest BCUT2D eigenvalue weighted by Gasteiger charge is -2.38. The molecular weight excluding hydrogens is 188 g/mol. The third-order valence-corrected chi connectivity index (χ3v) is 2.14. The molecule has 0 aromatic rings. The summed E-state index contributed by atoms with van der Waals surface area (Å²) in [6.45, 7) is 1.56. The zero-order valence-electron chi connectivity index (χ0n) is 7.83. The van der Waals surface area contributed by atoms with E-state index in [1.54, 1.807) is 6.92 Å². The van der Waals surface area contributed by atoms with Crippen LogP contribution in [0.1, 0.15) is 6.92 Å². The van der Waals surface area contributed by atoms with Crippen LogP contribution in [0, 0.1) is 12.3 Å². The first kappa shape index (κ1) is 11.4.